The second kappa shape index (κ2) is 4.37. The van der Waals surface area contributed by atoms with Crippen LogP contribution in [0, 0.1) is 11.7 Å². The molecule has 2 aliphatic rings. The van der Waals surface area contributed by atoms with Crippen molar-refractivity contribution in [2.24, 2.45) is 5.92 Å². The van der Waals surface area contributed by atoms with Gasteiger partial charge in [-0.2, -0.15) is 0 Å². The topological polar surface area (TPSA) is 23.6 Å². The van der Waals surface area contributed by atoms with Crippen LogP contribution >= 0.6 is 0 Å². The summed E-state index contributed by atoms with van der Waals surface area (Å²) >= 11 is 0. The van der Waals surface area contributed by atoms with Crippen LogP contribution in [-0.4, -0.2) is 23.4 Å². The minimum absolute atomic E-state index is 0.281. The largest absolute Gasteiger partial charge is 0.300 e. The van der Waals surface area contributed by atoms with E-state index in [9.17, 15) is 9.18 Å². The Hall–Kier alpha value is -1.84. The summed E-state index contributed by atoms with van der Waals surface area (Å²) in [6, 6.07) is 6.43. The van der Waals surface area contributed by atoms with Gasteiger partial charge in [0.15, 0.2) is 6.29 Å². The summed E-state index contributed by atoms with van der Waals surface area (Å²) in [4.78, 5) is 11.7. The molecule has 1 aromatic rings. The third-order valence-electron chi connectivity index (χ3n) is 3.93. The lowest BCUT2D eigenvalue weighted by Crippen LogP contribution is -2.53. The first-order valence-electron chi connectivity index (χ1n) is 6.69. The maximum Gasteiger partial charge on any atom is 0.151 e. The second-order valence-corrected chi connectivity index (χ2v) is 5.14. The third-order valence-corrected chi connectivity index (χ3v) is 3.93. The van der Waals surface area contributed by atoms with Gasteiger partial charge in [0.25, 0.3) is 0 Å². The van der Waals surface area contributed by atoms with Gasteiger partial charge < -0.3 is 4.79 Å². The van der Waals surface area contributed by atoms with E-state index in [2.05, 4.69) is 0 Å². The molecule has 100 valence electrons. The fourth-order valence-electron chi connectivity index (χ4n) is 2.83. The predicted molar refractivity (Wildman–Crippen MR) is 71.9 cm³/mol. The van der Waals surface area contributed by atoms with Crippen LogP contribution < -0.4 is 5.01 Å². The van der Waals surface area contributed by atoms with Gasteiger partial charge in [-0.15, -0.1) is 0 Å². The number of hydrogen-bond acceptors (Lipinski definition) is 3. The fourth-order valence-corrected chi connectivity index (χ4v) is 2.83. The molecule has 1 aromatic carbocycles. The van der Waals surface area contributed by atoms with Crippen LogP contribution in [0.5, 0.6) is 0 Å². The number of anilines is 1. The average molecular weight is 260 g/mol. The Kier molecular flexibility index (Phi) is 2.81. The summed E-state index contributed by atoms with van der Waals surface area (Å²) in [5, 5.41) is 3.90. The summed E-state index contributed by atoms with van der Waals surface area (Å²) in [6.45, 7) is 2.76. The molecule has 4 heteroatoms. The van der Waals surface area contributed by atoms with Gasteiger partial charge in [0.1, 0.15) is 11.4 Å². The molecule has 1 saturated carbocycles. The summed E-state index contributed by atoms with van der Waals surface area (Å²) in [5.74, 6) is 0.0529. The fraction of sp³-hybridized carbons (Fsp3) is 0.400. The van der Waals surface area contributed by atoms with Crippen LogP contribution in [0.1, 0.15) is 19.8 Å². The quantitative estimate of drug-likeness (QED) is 0.778. The highest BCUT2D eigenvalue weighted by Gasteiger charge is 2.52. The van der Waals surface area contributed by atoms with E-state index < -0.39 is 5.54 Å². The van der Waals surface area contributed by atoms with Crippen molar-refractivity contribution in [2.75, 3.05) is 11.6 Å². The van der Waals surface area contributed by atoms with E-state index in [0.29, 0.717) is 5.92 Å². The molecule has 3 rings (SSSR count). The Morgan fingerprint density at radius 1 is 1.47 bits per heavy atom. The van der Waals surface area contributed by atoms with Gasteiger partial charge in [-0.25, -0.2) is 4.39 Å². The lowest BCUT2D eigenvalue weighted by molar-refractivity contribution is -0.112. The van der Waals surface area contributed by atoms with Crippen molar-refractivity contribution in [2.45, 2.75) is 25.3 Å². The Morgan fingerprint density at radius 2 is 2.26 bits per heavy atom. The highest BCUT2D eigenvalue weighted by Crippen LogP contribution is 2.47. The molecular weight excluding hydrogens is 243 g/mol. The first-order valence-corrected chi connectivity index (χ1v) is 6.69. The van der Waals surface area contributed by atoms with Crippen LogP contribution in [0.2, 0.25) is 0 Å². The molecule has 0 bridgehead atoms. The van der Waals surface area contributed by atoms with Gasteiger partial charge in [0.05, 0.1) is 5.69 Å². The van der Waals surface area contributed by atoms with E-state index in [-0.39, 0.29) is 5.82 Å². The van der Waals surface area contributed by atoms with Crippen molar-refractivity contribution in [3.05, 3.63) is 42.4 Å². The zero-order valence-corrected chi connectivity index (χ0v) is 10.9. The number of hydrogen-bond donors (Lipinski definition) is 0. The normalized spacial score (nSPS) is 26.0. The van der Waals surface area contributed by atoms with E-state index in [0.717, 1.165) is 31.4 Å². The Bertz CT molecular complexity index is 527. The highest BCUT2D eigenvalue weighted by atomic mass is 19.1. The molecular formula is C15H17FN2O. The molecule has 1 aliphatic heterocycles. The minimum Gasteiger partial charge on any atom is -0.300 e. The third kappa shape index (κ3) is 1.82. The molecule has 0 radical (unpaired) electrons. The Labute approximate surface area is 112 Å². The molecule has 3 nitrogen and oxygen atoms in total. The van der Waals surface area contributed by atoms with Crippen molar-refractivity contribution >= 4 is 12.0 Å². The van der Waals surface area contributed by atoms with E-state index in [1.165, 1.54) is 12.1 Å². The van der Waals surface area contributed by atoms with Crippen molar-refractivity contribution in [1.29, 1.82) is 0 Å². The predicted octanol–water partition coefficient (Wildman–Crippen LogP) is 2.74. The number of carbonyl (C=O) groups excluding carboxylic acids is 1. The smallest absolute Gasteiger partial charge is 0.151 e. The zero-order chi connectivity index (χ0) is 13.5. The molecule has 0 spiro atoms. The van der Waals surface area contributed by atoms with Crippen molar-refractivity contribution in [1.82, 2.24) is 5.01 Å². The van der Waals surface area contributed by atoms with Gasteiger partial charge >= 0.3 is 0 Å². The summed E-state index contributed by atoms with van der Waals surface area (Å²) in [5.41, 5.74) is 0.0925. The number of hydrazine groups is 1. The lowest BCUT2D eigenvalue weighted by Gasteiger charge is -2.40. The number of carbonyl (C=O) groups is 1. The van der Waals surface area contributed by atoms with Crippen LogP contribution in [0.15, 0.2) is 36.5 Å². The van der Waals surface area contributed by atoms with Crippen LogP contribution in [0.4, 0.5) is 10.1 Å². The standard InChI is InChI=1S/C15H17FN2O/c1-2-17-9-8-15(11-19,12-6-7-12)18(17)14-5-3-4-13(16)10-14/h3-5,8-12H,2,6-7H2,1H3. The number of aldehydes is 1. The van der Waals surface area contributed by atoms with Crippen LogP contribution in [0.25, 0.3) is 0 Å². The Balaban J connectivity index is 2.05. The van der Waals surface area contributed by atoms with Crippen LogP contribution in [0.3, 0.4) is 0 Å². The lowest BCUT2D eigenvalue weighted by atomic mass is 9.94. The number of benzene rings is 1. The van der Waals surface area contributed by atoms with Gasteiger partial charge in [-0.05, 0) is 50.0 Å². The Morgan fingerprint density at radius 3 is 2.84 bits per heavy atom. The van der Waals surface area contributed by atoms with Crippen LogP contribution in [-0.2, 0) is 4.79 Å². The average Bonchev–Trinajstić information content (AvgIpc) is 3.20. The maximum absolute atomic E-state index is 13.5. The monoisotopic (exact) mass is 260 g/mol. The highest BCUT2D eigenvalue weighted by molar-refractivity contribution is 5.78. The SMILES string of the molecule is CCN1C=CC(C=O)(C2CC2)N1c1cccc(F)c1. The van der Waals surface area contributed by atoms with Gasteiger partial charge in [-0.1, -0.05) is 6.07 Å². The number of rotatable bonds is 4. The molecule has 1 atom stereocenters. The zero-order valence-electron chi connectivity index (χ0n) is 10.9. The molecule has 0 N–H and O–H groups in total. The van der Waals surface area contributed by atoms with Crippen molar-refractivity contribution in [3.63, 3.8) is 0 Å². The molecule has 1 unspecified atom stereocenters. The van der Waals surface area contributed by atoms with Crippen molar-refractivity contribution < 1.29 is 9.18 Å². The number of nitrogens with zero attached hydrogens (tertiary/aromatic N) is 2. The second-order valence-electron chi connectivity index (χ2n) is 5.14. The maximum atomic E-state index is 13.5. The van der Waals surface area contributed by atoms with Gasteiger partial charge in [-0.3, -0.25) is 10.0 Å². The molecule has 0 aromatic heterocycles. The summed E-state index contributed by atoms with van der Waals surface area (Å²) in [7, 11) is 0. The minimum atomic E-state index is -0.635. The number of halogens is 1. The molecule has 1 aliphatic carbocycles. The summed E-state index contributed by atoms with van der Waals surface area (Å²) in [6.07, 6.45) is 6.98. The van der Waals surface area contributed by atoms with E-state index >= 15 is 0 Å². The van der Waals surface area contributed by atoms with E-state index in [1.807, 2.05) is 35.3 Å². The summed E-state index contributed by atoms with van der Waals surface area (Å²) < 4.78 is 13.5. The van der Waals surface area contributed by atoms with Gasteiger partial charge in [0, 0.05) is 12.7 Å². The van der Waals surface area contributed by atoms with E-state index in [1.54, 1.807) is 6.07 Å². The van der Waals surface area contributed by atoms with E-state index in [4.69, 9.17) is 0 Å². The van der Waals surface area contributed by atoms with Gasteiger partial charge in [0.2, 0.25) is 0 Å². The molecule has 19 heavy (non-hydrogen) atoms. The first-order chi connectivity index (χ1) is 9.21. The molecule has 1 heterocycles. The van der Waals surface area contributed by atoms with Crippen molar-refractivity contribution in [3.8, 4) is 0 Å². The molecule has 1 fully saturated rings. The molecule has 0 saturated heterocycles. The first kappa shape index (κ1) is 12.2. The molecule has 0 amide bonds.